The second kappa shape index (κ2) is 6.90. The summed E-state index contributed by atoms with van der Waals surface area (Å²) in [6.45, 7) is 7.00. The lowest BCUT2D eigenvalue weighted by molar-refractivity contribution is 0.0202. The van der Waals surface area contributed by atoms with Crippen LogP contribution in [0, 0.1) is 13.8 Å². The van der Waals surface area contributed by atoms with E-state index in [0.29, 0.717) is 36.0 Å². The Balaban J connectivity index is 1.79. The molecule has 7 heteroatoms. The summed E-state index contributed by atoms with van der Waals surface area (Å²) in [5, 5.41) is 4.33. The number of sulfonamides is 1. The molecule has 1 aliphatic heterocycles. The molecule has 0 fully saturated rings. The maximum atomic E-state index is 13.0. The largest absolute Gasteiger partial charge is 0.372 e. The molecular weight excluding hydrogens is 338 g/mol. The minimum atomic E-state index is -3.60. The molecule has 2 aromatic rings. The fraction of sp³-hybridized carbons (Fsp3) is 0.500. The second-order valence-corrected chi connectivity index (χ2v) is 8.49. The van der Waals surface area contributed by atoms with E-state index < -0.39 is 10.0 Å². The number of fused-ring (bicyclic) bond motifs is 1. The third-order valence-corrected chi connectivity index (χ3v) is 6.86. The van der Waals surface area contributed by atoms with Crippen LogP contribution in [0.3, 0.4) is 0 Å². The zero-order chi connectivity index (χ0) is 18.2. The molecule has 3 rings (SSSR count). The zero-order valence-corrected chi connectivity index (χ0v) is 16.0. The van der Waals surface area contributed by atoms with E-state index in [1.54, 1.807) is 25.6 Å². The second-order valence-electron chi connectivity index (χ2n) is 6.51. The van der Waals surface area contributed by atoms with Crippen molar-refractivity contribution in [2.45, 2.75) is 51.3 Å². The minimum absolute atomic E-state index is 0.142. The number of rotatable bonds is 5. The Morgan fingerprint density at radius 3 is 2.60 bits per heavy atom. The first-order chi connectivity index (χ1) is 11.8. The topological polar surface area (TPSA) is 64.4 Å². The van der Waals surface area contributed by atoms with Gasteiger partial charge in [0.25, 0.3) is 0 Å². The summed E-state index contributed by atoms with van der Waals surface area (Å²) in [7, 11) is -1.98. The van der Waals surface area contributed by atoms with Crippen molar-refractivity contribution >= 4 is 10.0 Å². The molecule has 2 heterocycles. The molecule has 1 unspecified atom stereocenters. The van der Waals surface area contributed by atoms with Crippen molar-refractivity contribution in [2.24, 2.45) is 0 Å². The van der Waals surface area contributed by atoms with Crippen LogP contribution in [0.4, 0.5) is 0 Å². The van der Waals surface area contributed by atoms with Crippen LogP contribution >= 0.6 is 0 Å². The van der Waals surface area contributed by atoms with Gasteiger partial charge in [-0.3, -0.25) is 4.68 Å². The van der Waals surface area contributed by atoms with Crippen LogP contribution < -0.4 is 0 Å². The summed E-state index contributed by atoms with van der Waals surface area (Å²) in [5.74, 6) is 0. The van der Waals surface area contributed by atoms with Crippen molar-refractivity contribution in [3.8, 4) is 0 Å². The molecule has 1 aromatic carbocycles. The van der Waals surface area contributed by atoms with E-state index in [4.69, 9.17) is 4.74 Å². The maximum absolute atomic E-state index is 13.0. The molecule has 0 spiro atoms. The average Bonchev–Trinajstić information content (AvgIpc) is 2.89. The average molecular weight is 363 g/mol. The van der Waals surface area contributed by atoms with Gasteiger partial charge in [0.1, 0.15) is 4.90 Å². The Morgan fingerprint density at radius 1 is 1.28 bits per heavy atom. The minimum Gasteiger partial charge on any atom is -0.372 e. The molecule has 0 aliphatic carbocycles. The van der Waals surface area contributed by atoms with Gasteiger partial charge >= 0.3 is 0 Å². The summed E-state index contributed by atoms with van der Waals surface area (Å²) < 4.78 is 35.1. The number of benzene rings is 1. The smallest absolute Gasteiger partial charge is 0.246 e. The first-order valence-corrected chi connectivity index (χ1v) is 9.97. The summed E-state index contributed by atoms with van der Waals surface area (Å²) in [6, 6.07) is 8.14. The van der Waals surface area contributed by atoms with E-state index in [0.717, 1.165) is 6.42 Å². The maximum Gasteiger partial charge on any atom is 0.246 e. The van der Waals surface area contributed by atoms with Crippen LogP contribution in [0.2, 0.25) is 0 Å². The number of aromatic nitrogens is 2. The lowest BCUT2D eigenvalue weighted by Gasteiger charge is -2.28. The van der Waals surface area contributed by atoms with Crippen LogP contribution in [-0.4, -0.2) is 42.2 Å². The van der Waals surface area contributed by atoms with Crippen molar-refractivity contribution in [3.05, 3.63) is 46.8 Å². The molecule has 0 saturated heterocycles. The Kier molecular flexibility index (Phi) is 4.99. The monoisotopic (exact) mass is 363 g/mol. The van der Waals surface area contributed by atoms with Crippen molar-refractivity contribution in [2.75, 3.05) is 13.6 Å². The van der Waals surface area contributed by atoms with Crippen LogP contribution in [0.15, 0.2) is 29.2 Å². The number of ether oxygens (including phenoxy) is 1. The van der Waals surface area contributed by atoms with E-state index in [1.165, 1.54) is 15.4 Å². The van der Waals surface area contributed by atoms with Crippen LogP contribution in [-0.2, 0) is 34.3 Å². The van der Waals surface area contributed by atoms with Gasteiger partial charge in [-0.25, -0.2) is 8.42 Å². The Hall–Kier alpha value is -1.70. The Labute approximate surface area is 149 Å². The highest BCUT2D eigenvalue weighted by Crippen LogP contribution is 2.25. The van der Waals surface area contributed by atoms with E-state index in [2.05, 4.69) is 17.2 Å². The van der Waals surface area contributed by atoms with Crippen LogP contribution in [0.25, 0.3) is 0 Å². The van der Waals surface area contributed by atoms with Crippen LogP contribution in [0.5, 0.6) is 0 Å². The molecule has 0 amide bonds. The fourth-order valence-electron chi connectivity index (χ4n) is 3.43. The predicted molar refractivity (Wildman–Crippen MR) is 95.9 cm³/mol. The molecule has 1 aromatic heterocycles. The van der Waals surface area contributed by atoms with Crippen molar-refractivity contribution in [1.29, 1.82) is 0 Å². The number of nitrogens with zero attached hydrogens (tertiary/aromatic N) is 3. The van der Waals surface area contributed by atoms with E-state index in [1.807, 2.05) is 19.1 Å². The van der Waals surface area contributed by atoms with Gasteiger partial charge in [-0.15, -0.1) is 0 Å². The first-order valence-electron chi connectivity index (χ1n) is 8.53. The Morgan fingerprint density at radius 2 is 1.96 bits per heavy atom. The van der Waals surface area contributed by atoms with Gasteiger partial charge in [-0.05, 0) is 31.9 Å². The van der Waals surface area contributed by atoms with Gasteiger partial charge in [0.2, 0.25) is 10.0 Å². The molecular formula is C18H25N3O3S. The van der Waals surface area contributed by atoms with Crippen molar-refractivity contribution in [1.82, 2.24) is 14.1 Å². The highest BCUT2D eigenvalue weighted by Gasteiger charge is 2.31. The number of hydrogen-bond acceptors (Lipinski definition) is 4. The van der Waals surface area contributed by atoms with Crippen molar-refractivity contribution < 1.29 is 13.2 Å². The molecule has 136 valence electrons. The summed E-state index contributed by atoms with van der Waals surface area (Å²) in [4.78, 5) is 0.313. The third-order valence-electron chi connectivity index (χ3n) is 4.78. The molecule has 0 N–H and O–H groups in total. The van der Waals surface area contributed by atoms with E-state index in [-0.39, 0.29) is 6.10 Å². The summed E-state index contributed by atoms with van der Waals surface area (Å²) in [6.07, 6.45) is 0.582. The molecule has 1 atom stereocenters. The third kappa shape index (κ3) is 3.36. The molecule has 25 heavy (non-hydrogen) atoms. The quantitative estimate of drug-likeness (QED) is 0.817. The summed E-state index contributed by atoms with van der Waals surface area (Å²) in [5.41, 5.74) is 3.64. The normalized spacial score (nSPS) is 17.7. The van der Waals surface area contributed by atoms with Gasteiger partial charge in [0, 0.05) is 26.6 Å². The fourth-order valence-corrected chi connectivity index (χ4v) is 5.00. The van der Waals surface area contributed by atoms with Gasteiger partial charge in [-0.2, -0.15) is 9.40 Å². The SMILES string of the molecule is CCn1nc(C)c(S(=O)(=O)N(C)CC2Cc3ccccc3CO2)c1C. The van der Waals surface area contributed by atoms with Crippen LogP contribution in [0.1, 0.15) is 29.4 Å². The number of hydrogen-bond donors (Lipinski definition) is 0. The molecule has 1 aliphatic rings. The molecule has 0 radical (unpaired) electrons. The first kappa shape index (κ1) is 18.1. The zero-order valence-electron chi connectivity index (χ0n) is 15.2. The van der Waals surface area contributed by atoms with Gasteiger partial charge in [0.05, 0.1) is 24.1 Å². The standard InChI is InChI=1S/C18H25N3O3S/c1-5-21-14(3)18(13(2)19-21)25(22,23)20(4)11-17-10-15-8-6-7-9-16(15)12-24-17/h6-9,17H,5,10-12H2,1-4H3. The molecule has 0 saturated carbocycles. The Bertz CT molecular complexity index is 874. The van der Waals surface area contributed by atoms with E-state index >= 15 is 0 Å². The number of likely N-dealkylation sites (N-methyl/N-ethyl adjacent to an activating group) is 1. The lowest BCUT2D eigenvalue weighted by Crippen LogP contribution is -2.38. The van der Waals surface area contributed by atoms with Gasteiger partial charge in [-0.1, -0.05) is 24.3 Å². The number of aryl methyl sites for hydroxylation is 2. The molecule has 6 nitrogen and oxygen atoms in total. The highest BCUT2D eigenvalue weighted by molar-refractivity contribution is 7.89. The van der Waals surface area contributed by atoms with E-state index in [9.17, 15) is 8.42 Å². The highest BCUT2D eigenvalue weighted by atomic mass is 32.2. The lowest BCUT2D eigenvalue weighted by atomic mass is 9.99. The molecule has 0 bridgehead atoms. The predicted octanol–water partition coefficient (Wildman–Crippen LogP) is 2.28. The van der Waals surface area contributed by atoms with Gasteiger partial charge in [0.15, 0.2) is 0 Å². The van der Waals surface area contributed by atoms with Crippen molar-refractivity contribution in [3.63, 3.8) is 0 Å². The summed E-state index contributed by atoms with van der Waals surface area (Å²) >= 11 is 0. The van der Waals surface area contributed by atoms with Gasteiger partial charge < -0.3 is 4.74 Å².